The summed E-state index contributed by atoms with van der Waals surface area (Å²) in [6.45, 7) is 0.927. The summed E-state index contributed by atoms with van der Waals surface area (Å²) in [5.41, 5.74) is 1.05. The molecule has 0 atom stereocenters. The first-order valence-corrected chi connectivity index (χ1v) is 4.10. The monoisotopic (exact) mass is 168 g/mol. The molecule has 0 saturated heterocycles. The van der Waals surface area contributed by atoms with E-state index in [-0.39, 0.29) is 6.67 Å². The van der Waals surface area contributed by atoms with E-state index in [1.165, 1.54) is 0 Å². The quantitative estimate of drug-likeness (QED) is 0.668. The molecule has 0 aliphatic heterocycles. The molecule has 0 aliphatic carbocycles. The van der Waals surface area contributed by atoms with Crippen molar-refractivity contribution in [3.8, 4) is 0 Å². The van der Waals surface area contributed by atoms with Gasteiger partial charge in [-0.1, -0.05) is 6.07 Å². The molecule has 1 aromatic heterocycles. The van der Waals surface area contributed by atoms with Crippen molar-refractivity contribution in [1.82, 2.24) is 10.3 Å². The minimum Gasteiger partial charge on any atom is -0.314 e. The van der Waals surface area contributed by atoms with Crippen molar-refractivity contribution in [2.75, 3.05) is 19.8 Å². The van der Waals surface area contributed by atoms with Crippen molar-refractivity contribution in [1.29, 1.82) is 0 Å². The minimum absolute atomic E-state index is 0.303. The number of alkyl halides is 1. The van der Waals surface area contributed by atoms with Crippen LogP contribution < -0.4 is 5.32 Å². The molecule has 1 aromatic rings. The smallest absolute Gasteiger partial charge is 0.102 e. The lowest BCUT2D eigenvalue weighted by molar-refractivity contribution is 0.468. The highest BCUT2D eigenvalue weighted by Crippen LogP contribution is 1.92. The lowest BCUT2D eigenvalue weighted by Gasteiger charge is -2.00. The molecule has 1 heterocycles. The molecule has 2 nitrogen and oxygen atoms in total. The first kappa shape index (κ1) is 9.13. The molecule has 0 spiro atoms. The number of pyridine rings is 1. The molecule has 12 heavy (non-hydrogen) atoms. The van der Waals surface area contributed by atoms with Crippen LogP contribution in [0.15, 0.2) is 24.4 Å². The highest BCUT2D eigenvalue weighted by atomic mass is 19.1. The van der Waals surface area contributed by atoms with Gasteiger partial charge < -0.3 is 5.32 Å². The van der Waals surface area contributed by atoms with Crippen LogP contribution in [0.4, 0.5) is 4.39 Å². The van der Waals surface area contributed by atoms with E-state index in [0.717, 1.165) is 18.7 Å². The third kappa shape index (κ3) is 3.44. The first-order chi connectivity index (χ1) is 5.93. The molecule has 0 fully saturated rings. The highest BCUT2D eigenvalue weighted by Gasteiger charge is 1.91. The Morgan fingerprint density at radius 2 is 2.25 bits per heavy atom. The zero-order chi connectivity index (χ0) is 8.65. The molecular formula is C9H13FN2. The van der Waals surface area contributed by atoms with Crippen molar-refractivity contribution in [2.24, 2.45) is 0 Å². The zero-order valence-electron chi connectivity index (χ0n) is 6.96. The second-order valence-electron chi connectivity index (χ2n) is 2.51. The third-order valence-electron chi connectivity index (χ3n) is 1.56. The van der Waals surface area contributed by atoms with E-state index in [1.807, 2.05) is 18.2 Å². The summed E-state index contributed by atoms with van der Waals surface area (Å²) in [7, 11) is 0. The van der Waals surface area contributed by atoms with Gasteiger partial charge in [0.2, 0.25) is 0 Å². The SMILES string of the molecule is FCCNCCc1ccccn1. The van der Waals surface area contributed by atoms with Crippen molar-refractivity contribution in [2.45, 2.75) is 6.42 Å². The van der Waals surface area contributed by atoms with E-state index in [9.17, 15) is 4.39 Å². The Balaban J connectivity index is 2.16. The topological polar surface area (TPSA) is 24.9 Å². The van der Waals surface area contributed by atoms with Gasteiger partial charge >= 0.3 is 0 Å². The van der Waals surface area contributed by atoms with E-state index in [0.29, 0.717) is 6.54 Å². The number of aromatic nitrogens is 1. The van der Waals surface area contributed by atoms with Crippen LogP contribution in [-0.4, -0.2) is 24.7 Å². The van der Waals surface area contributed by atoms with E-state index < -0.39 is 0 Å². The number of halogens is 1. The summed E-state index contributed by atoms with van der Waals surface area (Å²) in [6.07, 6.45) is 2.63. The number of hydrogen-bond donors (Lipinski definition) is 1. The molecule has 0 unspecified atom stereocenters. The van der Waals surface area contributed by atoms with Crippen LogP contribution in [0.2, 0.25) is 0 Å². The van der Waals surface area contributed by atoms with Crippen LogP contribution >= 0.6 is 0 Å². The Bertz CT molecular complexity index is 201. The second-order valence-corrected chi connectivity index (χ2v) is 2.51. The van der Waals surface area contributed by atoms with Gasteiger partial charge in [0, 0.05) is 31.4 Å². The maximum absolute atomic E-state index is 11.6. The maximum atomic E-state index is 11.6. The zero-order valence-corrected chi connectivity index (χ0v) is 6.96. The van der Waals surface area contributed by atoms with Crippen LogP contribution in [0.5, 0.6) is 0 Å². The number of rotatable bonds is 5. The van der Waals surface area contributed by atoms with Crippen LogP contribution in [0.1, 0.15) is 5.69 Å². The van der Waals surface area contributed by atoms with E-state index in [4.69, 9.17) is 0 Å². The van der Waals surface area contributed by atoms with Crippen LogP contribution in [0, 0.1) is 0 Å². The minimum atomic E-state index is -0.303. The van der Waals surface area contributed by atoms with E-state index in [2.05, 4.69) is 10.3 Å². The summed E-state index contributed by atoms with van der Waals surface area (Å²) in [6, 6.07) is 5.81. The molecule has 66 valence electrons. The summed E-state index contributed by atoms with van der Waals surface area (Å²) in [5, 5.41) is 2.97. The Hall–Kier alpha value is -0.960. The fourth-order valence-corrected chi connectivity index (χ4v) is 0.954. The summed E-state index contributed by atoms with van der Waals surface area (Å²) < 4.78 is 11.6. The normalized spacial score (nSPS) is 10.1. The van der Waals surface area contributed by atoms with Crippen molar-refractivity contribution >= 4 is 0 Å². The van der Waals surface area contributed by atoms with Crippen LogP contribution in [0.25, 0.3) is 0 Å². The average molecular weight is 168 g/mol. The maximum Gasteiger partial charge on any atom is 0.102 e. The van der Waals surface area contributed by atoms with E-state index in [1.54, 1.807) is 6.20 Å². The Morgan fingerprint density at radius 1 is 1.33 bits per heavy atom. The number of nitrogens with one attached hydrogen (secondary N) is 1. The van der Waals surface area contributed by atoms with Crippen molar-refractivity contribution in [3.05, 3.63) is 30.1 Å². The summed E-state index contributed by atoms with van der Waals surface area (Å²) in [4.78, 5) is 4.14. The summed E-state index contributed by atoms with van der Waals surface area (Å²) >= 11 is 0. The molecule has 1 N–H and O–H groups in total. The van der Waals surface area contributed by atoms with Gasteiger partial charge in [0.1, 0.15) is 6.67 Å². The van der Waals surface area contributed by atoms with Crippen LogP contribution in [-0.2, 0) is 6.42 Å². The third-order valence-corrected chi connectivity index (χ3v) is 1.56. The van der Waals surface area contributed by atoms with Gasteiger partial charge in [-0.2, -0.15) is 0 Å². The predicted molar refractivity (Wildman–Crippen MR) is 46.8 cm³/mol. The molecule has 0 amide bonds. The molecule has 1 rings (SSSR count). The number of hydrogen-bond acceptors (Lipinski definition) is 2. The van der Waals surface area contributed by atoms with E-state index >= 15 is 0 Å². The Labute approximate surface area is 71.8 Å². The molecular weight excluding hydrogens is 155 g/mol. The fraction of sp³-hybridized carbons (Fsp3) is 0.444. The van der Waals surface area contributed by atoms with Gasteiger partial charge in [-0.15, -0.1) is 0 Å². The predicted octanol–water partition coefficient (Wildman–Crippen LogP) is 1.18. The van der Waals surface area contributed by atoms with Gasteiger partial charge in [-0.25, -0.2) is 4.39 Å². The molecule has 0 saturated carbocycles. The highest BCUT2D eigenvalue weighted by molar-refractivity contribution is 5.03. The fourth-order valence-electron chi connectivity index (χ4n) is 0.954. The Kier molecular flexibility index (Phi) is 4.31. The van der Waals surface area contributed by atoms with Crippen molar-refractivity contribution < 1.29 is 4.39 Å². The standard InChI is InChI=1S/C9H13FN2/c10-5-8-11-7-4-9-3-1-2-6-12-9/h1-3,6,11H,4-5,7-8H2. The largest absolute Gasteiger partial charge is 0.314 e. The van der Waals surface area contributed by atoms with Gasteiger partial charge in [-0.3, -0.25) is 4.98 Å². The van der Waals surface area contributed by atoms with Crippen molar-refractivity contribution in [3.63, 3.8) is 0 Å². The molecule has 0 aliphatic rings. The van der Waals surface area contributed by atoms with Gasteiger partial charge in [0.05, 0.1) is 0 Å². The average Bonchev–Trinajstić information content (AvgIpc) is 2.14. The van der Waals surface area contributed by atoms with Gasteiger partial charge in [0.25, 0.3) is 0 Å². The molecule has 0 aromatic carbocycles. The lowest BCUT2D eigenvalue weighted by atomic mass is 10.3. The van der Waals surface area contributed by atoms with Crippen LogP contribution in [0.3, 0.4) is 0 Å². The molecule has 0 bridgehead atoms. The number of nitrogens with zero attached hydrogens (tertiary/aromatic N) is 1. The first-order valence-electron chi connectivity index (χ1n) is 4.10. The molecule has 3 heteroatoms. The second kappa shape index (κ2) is 5.66. The lowest BCUT2D eigenvalue weighted by Crippen LogP contribution is -2.19. The van der Waals surface area contributed by atoms with Gasteiger partial charge in [-0.05, 0) is 12.1 Å². The van der Waals surface area contributed by atoms with Gasteiger partial charge in [0.15, 0.2) is 0 Å². The summed E-state index contributed by atoms with van der Waals surface area (Å²) in [5.74, 6) is 0. The Morgan fingerprint density at radius 3 is 2.92 bits per heavy atom. The molecule has 0 radical (unpaired) electrons.